The van der Waals surface area contributed by atoms with Gasteiger partial charge in [0.05, 0.1) is 16.4 Å². The van der Waals surface area contributed by atoms with Gasteiger partial charge in [0.1, 0.15) is 5.82 Å². The van der Waals surface area contributed by atoms with Crippen LogP contribution in [0.2, 0.25) is 0 Å². The second kappa shape index (κ2) is 4.38. The van der Waals surface area contributed by atoms with Crippen molar-refractivity contribution in [1.29, 1.82) is 0 Å². The molecule has 16 heavy (non-hydrogen) atoms. The molecule has 4 heteroatoms. The molecule has 0 N–H and O–H groups in total. The van der Waals surface area contributed by atoms with E-state index in [0.717, 1.165) is 21.3 Å². The number of alkyl halides is 1. The lowest BCUT2D eigenvalue weighted by molar-refractivity contribution is 0.584. The van der Waals surface area contributed by atoms with Gasteiger partial charge in [-0.25, -0.2) is 4.98 Å². The van der Waals surface area contributed by atoms with E-state index in [0.29, 0.717) is 6.04 Å². The molecule has 86 valence electrons. The standard InChI is InChI=1S/C12H14BrClN2/c1-7(2)16-11-6-9(13)4-5-10(11)15-12(16)8(3)14/h4-8H,1-3H3. The van der Waals surface area contributed by atoms with Crippen molar-refractivity contribution in [2.45, 2.75) is 32.2 Å². The average molecular weight is 302 g/mol. The summed E-state index contributed by atoms with van der Waals surface area (Å²) >= 11 is 9.66. The van der Waals surface area contributed by atoms with Crippen LogP contribution in [0.5, 0.6) is 0 Å². The Hall–Kier alpha value is -0.540. The Kier molecular flexibility index (Phi) is 3.27. The van der Waals surface area contributed by atoms with E-state index in [2.05, 4.69) is 45.4 Å². The van der Waals surface area contributed by atoms with Crippen molar-refractivity contribution in [1.82, 2.24) is 9.55 Å². The Morgan fingerprint density at radius 2 is 2.00 bits per heavy atom. The second-order valence-electron chi connectivity index (χ2n) is 4.18. The average Bonchev–Trinajstić information content (AvgIpc) is 2.55. The number of nitrogens with zero attached hydrogens (tertiary/aromatic N) is 2. The molecule has 0 aliphatic rings. The highest BCUT2D eigenvalue weighted by Gasteiger charge is 2.16. The maximum Gasteiger partial charge on any atom is 0.127 e. The SMILES string of the molecule is CC(Cl)c1nc2ccc(Br)cc2n1C(C)C. The molecule has 1 unspecified atom stereocenters. The molecule has 0 saturated carbocycles. The van der Waals surface area contributed by atoms with E-state index < -0.39 is 0 Å². The third kappa shape index (κ3) is 1.98. The van der Waals surface area contributed by atoms with Crippen molar-refractivity contribution in [3.8, 4) is 0 Å². The molecule has 0 fully saturated rings. The molecule has 0 amide bonds. The van der Waals surface area contributed by atoms with Crippen molar-refractivity contribution < 1.29 is 0 Å². The van der Waals surface area contributed by atoms with Gasteiger partial charge in [0.2, 0.25) is 0 Å². The Bertz CT molecular complexity index is 517. The topological polar surface area (TPSA) is 17.8 Å². The van der Waals surface area contributed by atoms with Crippen LogP contribution in [0.25, 0.3) is 11.0 Å². The van der Waals surface area contributed by atoms with Crippen molar-refractivity contribution in [3.05, 3.63) is 28.5 Å². The molecule has 0 spiro atoms. The van der Waals surface area contributed by atoms with Crippen molar-refractivity contribution in [2.24, 2.45) is 0 Å². The highest BCUT2D eigenvalue weighted by Crippen LogP contribution is 2.29. The first-order chi connectivity index (χ1) is 7.50. The largest absolute Gasteiger partial charge is 0.324 e. The van der Waals surface area contributed by atoms with Crippen LogP contribution in [-0.4, -0.2) is 9.55 Å². The van der Waals surface area contributed by atoms with Gasteiger partial charge >= 0.3 is 0 Å². The molecule has 2 rings (SSSR count). The zero-order chi connectivity index (χ0) is 11.9. The molecule has 1 atom stereocenters. The van der Waals surface area contributed by atoms with Gasteiger partial charge in [-0.15, -0.1) is 11.6 Å². The molecule has 0 aliphatic carbocycles. The van der Waals surface area contributed by atoms with Crippen molar-refractivity contribution in [2.75, 3.05) is 0 Å². The Balaban J connectivity index is 2.77. The molecule has 1 heterocycles. The lowest BCUT2D eigenvalue weighted by Gasteiger charge is -2.14. The molecule has 1 aromatic carbocycles. The predicted octanol–water partition coefficient (Wildman–Crippen LogP) is 4.68. The molecule has 0 aliphatic heterocycles. The van der Waals surface area contributed by atoms with Crippen LogP contribution in [0, 0.1) is 0 Å². The lowest BCUT2D eigenvalue weighted by atomic mass is 10.3. The summed E-state index contributed by atoms with van der Waals surface area (Å²) in [6.07, 6.45) is 0. The molecule has 2 nitrogen and oxygen atoms in total. The summed E-state index contributed by atoms with van der Waals surface area (Å²) < 4.78 is 3.26. The van der Waals surface area contributed by atoms with Crippen LogP contribution in [0.15, 0.2) is 22.7 Å². The van der Waals surface area contributed by atoms with Gasteiger partial charge in [-0.05, 0) is 39.0 Å². The summed E-state index contributed by atoms with van der Waals surface area (Å²) in [5, 5.41) is -0.0754. The monoisotopic (exact) mass is 300 g/mol. The van der Waals surface area contributed by atoms with E-state index in [1.807, 2.05) is 19.1 Å². The molecular weight excluding hydrogens is 288 g/mol. The minimum atomic E-state index is -0.0754. The van der Waals surface area contributed by atoms with Gasteiger partial charge in [0.15, 0.2) is 0 Å². The van der Waals surface area contributed by atoms with E-state index >= 15 is 0 Å². The van der Waals surface area contributed by atoms with Crippen LogP contribution in [0.4, 0.5) is 0 Å². The first kappa shape index (κ1) is 11.9. The first-order valence-electron chi connectivity index (χ1n) is 5.32. The highest BCUT2D eigenvalue weighted by molar-refractivity contribution is 9.10. The Morgan fingerprint density at radius 3 is 2.56 bits per heavy atom. The molecule has 0 saturated heterocycles. The fourth-order valence-electron chi connectivity index (χ4n) is 1.91. The zero-order valence-electron chi connectivity index (χ0n) is 9.54. The van der Waals surface area contributed by atoms with Crippen molar-refractivity contribution >= 4 is 38.6 Å². The number of rotatable bonds is 2. The number of imidazole rings is 1. The van der Waals surface area contributed by atoms with E-state index in [9.17, 15) is 0 Å². The van der Waals surface area contributed by atoms with E-state index in [4.69, 9.17) is 11.6 Å². The van der Waals surface area contributed by atoms with E-state index in [-0.39, 0.29) is 5.38 Å². The summed E-state index contributed by atoms with van der Waals surface area (Å²) in [6.45, 7) is 6.24. The van der Waals surface area contributed by atoms with Crippen LogP contribution in [0.3, 0.4) is 0 Å². The third-order valence-corrected chi connectivity index (χ3v) is 3.24. The fraction of sp³-hybridized carbons (Fsp3) is 0.417. The number of hydrogen-bond donors (Lipinski definition) is 0. The van der Waals surface area contributed by atoms with Crippen LogP contribution in [-0.2, 0) is 0 Å². The van der Waals surface area contributed by atoms with Crippen molar-refractivity contribution in [3.63, 3.8) is 0 Å². The minimum absolute atomic E-state index is 0.0754. The highest BCUT2D eigenvalue weighted by atomic mass is 79.9. The number of aromatic nitrogens is 2. The summed E-state index contributed by atoms with van der Waals surface area (Å²) in [4.78, 5) is 4.58. The predicted molar refractivity (Wildman–Crippen MR) is 72.1 cm³/mol. The first-order valence-corrected chi connectivity index (χ1v) is 6.55. The van der Waals surface area contributed by atoms with E-state index in [1.54, 1.807) is 0 Å². The maximum atomic E-state index is 6.17. The van der Waals surface area contributed by atoms with Crippen LogP contribution in [0.1, 0.15) is 38.0 Å². The van der Waals surface area contributed by atoms with Crippen LogP contribution >= 0.6 is 27.5 Å². The molecule has 0 radical (unpaired) electrons. The Labute approximate surface area is 109 Å². The number of benzene rings is 1. The van der Waals surface area contributed by atoms with Gasteiger partial charge in [-0.3, -0.25) is 0 Å². The zero-order valence-corrected chi connectivity index (χ0v) is 11.9. The maximum absolute atomic E-state index is 6.17. The van der Waals surface area contributed by atoms with Gasteiger partial charge in [-0.2, -0.15) is 0 Å². The molecule has 0 bridgehead atoms. The summed E-state index contributed by atoms with van der Waals surface area (Å²) in [7, 11) is 0. The summed E-state index contributed by atoms with van der Waals surface area (Å²) in [6, 6.07) is 6.46. The van der Waals surface area contributed by atoms with Crippen LogP contribution < -0.4 is 0 Å². The second-order valence-corrected chi connectivity index (χ2v) is 5.75. The molecular formula is C12H14BrClN2. The van der Waals surface area contributed by atoms with Gasteiger partial charge < -0.3 is 4.57 Å². The lowest BCUT2D eigenvalue weighted by Crippen LogP contribution is -2.06. The summed E-state index contributed by atoms with van der Waals surface area (Å²) in [5.41, 5.74) is 2.13. The van der Waals surface area contributed by atoms with E-state index in [1.165, 1.54) is 0 Å². The number of fused-ring (bicyclic) bond motifs is 1. The minimum Gasteiger partial charge on any atom is -0.324 e. The summed E-state index contributed by atoms with van der Waals surface area (Å²) in [5.74, 6) is 0.935. The normalized spacial score (nSPS) is 13.6. The quantitative estimate of drug-likeness (QED) is 0.736. The molecule has 2 aromatic rings. The van der Waals surface area contributed by atoms with Gasteiger partial charge in [0.25, 0.3) is 0 Å². The third-order valence-electron chi connectivity index (χ3n) is 2.55. The smallest absolute Gasteiger partial charge is 0.127 e. The number of hydrogen-bond acceptors (Lipinski definition) is 1. The number of halogens is 2. The molecule has 1 aromatic heterocycles. The Morgan fingerprint density at radius 1 is 1.31 bits per heavy atom. The van der Waals surface area contributed by atoms with Gasteiger partial charge in [-0.1, -0.05) is 15.9 Å². The fourth-order valence-corrected chi connectivity index (χ4v) is 2.41. The van der Waals surface area contributed by atoms with Gasteiger partial charge in [0, 0.05) is 10.5 Å².